The molecule has 3 N–H and O–H groups in total. The lowest BCUT2D eigenvalue weighted by molar-refractivity contribution is 0.0929. The molecule has 5 heteroatoms. The van der Waals surface area contributed by atoms with Crippen molar-refractivity contribution in [2.75, 3.05) is 6.54 Å². The van der Waals surface area contributed by atoms with Crippen LogP contribution >= 0.6 is 11.3 Å². The third-order valence-electron chi connectivity index (χ3n) is 3.75. The number of thiazole rings is 1. The van der Waals surface area contributed by atoms with E-state index in [9.17, 15) is 4.79 Å². The normalized spacial score (nSPS) is 15.7. The zero-order valence-electron chi connectivity index (χ0n) is 12.0. The number of hydrogen-bond acceptors (Lipinski definition) is 4. The van der Waals surface area contributed by atoms with E-state index in [2.05, 4.69) is 10.3 Å². The fraction of sp³-hybridized carbons (Fsp3) is 0.375. The maximum Gasteiger partial charge on any atom is 0.271 e. The number of carbonyl (C=O) groups excluding carboxylic acids is 1. The Bertz CT molecular complexity index is 634. The van der Waals surface area contributed by atoms with Crippen molar-refractivity contribution in [3.8, 4) is 10.4 Å². The van der Waals surface area contributed by atoms with Gasteiger partial charge in [-0.25, -0.2) is 4.98 Å². The van der Waals surface area contributed by atoms with Crippen LogP contribution in [-0.2, 0) is 0 Å². The third-order valence-corrected chi connectivity index (χ3v) is 4.77. The molecule has 0 bridgehead atoms. The Kier molecular flexibility index (Phi) is 4.03. The monoisotopic (exact) mass is 301 g/mol. The maximum atomic E-state index is 12.5. The molecule has 4 nitrogen and oxygen atoms in total. The van der Waals surface area contributed by atoms with Crippen LogP contribution in [0.4, 0.5) is 0 Å². The molecule has 1 aromatic carbocycles. The first-order valence-corrected chi connectivity index (χ1v) is 8.04. The number of amides is 1. The van der Waals surface area contributed by atoms with Crippen LogP contribution < -0.4 is 11.1 Å². The van der Waals surface area contributed by atoms with E-state index in [4.69, 9.17) is 5.73 Å². The molecule has 1 saturated carbocycles. The lowest BCUT2D eigenvalue weighted by Gasteiger charge is -2.15. The number of nitrogens with one attached hydrogen (secondary N) is 1. The summed E-state index contributed by atoms with van der Waals surface area (Å²) in [5.74, 6) is 0.430. The van der Waals surface area contributed by atoms with Gasteiger partial charge in [0, 0.05) is 12.6 Å². The van der Waals surface area contributed by atoms with Crippen molar-refractivity contribution >= 4 is 17.2 Å². The van der Waals surface area contributed by atoms with Gasteiger partial charge in [-0.15, -0.1) is 11.3 Å². The van der Waals surface area contributed by atoms with Gasteiger partial charge in [-0.3, -0.25) is 4.79 Å². The predicted molar refractivity (Wildman–Crippen MR) is 85.3 cm³/mol. The lowest BCUT2D eigenvalue weighted by Crippen LogP contribution is -2.42. The van der Waals surface area contributed by atoms with Crippen LogP contribution in [-0.4, -0.2) is 23.5 Å². The molecule has 110 valence electrons. The highest BCUT2D eigenvalue weighted by Crippen LogP contribution is 2.33. The second-order valence-corrected chi connectivity index (χ2v) is 6.63. The topological polar surface area (TPSA) is 68.0 Å². The van der Waals surface area contributed by atoms with Crippen molar-refractivity contribution in [2.45, 2.75) is 25.8 Å². The molecule has 3 rings (SSSR count). The summed E-state index contributed by atoms with van der Waals surface area (Å²) in [6, 6.07) is 9.99. The van der Waals surface area contributed by atoms with E-state index in [1.807, 2.05) is 37.3 Å². The number of aryl methyl sites for hydroxylation is 1. The van der Waals surface area contributed by atoms with Crippen molar-refractivity contribution in [3.63, 3.8) is 0 Å². The van der Waals surface area contributed by atoms with Crippen molar-refractivity contribution in [1.82, 2.24) is 10.3 Å². The molecule has 2 aromatic rings. The lowest BCUT2D eigenvalue weighted by atomic mass is 10.1. The molecule has 1 heterocycles. The molecule has 0 radical (unpaired) electrons. The summed E-state index contributed by atoms with van der Waals surface area (Å²) in [6.45, 7) is 2.41. The van der Waals surface area contributed by atoms with Crippen molar-refractivity contribution < 1.29 is 4.79 Å². The molecule has 1 fully saturated rings. The number of benzene rings is 1. The molecule has 0 saturated heterocycles. The molecule has 21 heavy (non-hydrogen) atoms. The number of aromatic nitrogens is 1. The average Bonchev–Trinajstić information content (AvgIpc) is 3.27. The number of carbonyl (C=O) groups is 1. The Balaban J connectivity index is 1.86. The van der Waals surface area contributed by atoms with Crippen LogP contribution in [0.1, 0.15) is 28.3 Å². The van der Waals surface area contributed by atoms with Gasteiger partial charge in [0.25, 0.3) is 5.91 Å². The minimum absolute atomic E-state index is 0.0723. The molecule has 0 spiro atoms. The van der Waals surface area contributed by atoms with Gasteiger partial charge in [0.1, 0.15) is 5.69 Å². The standard InChI is InChI=1S/C16H19N3OS/c1-10-18-14(15(21-10)12-5-3-2-4-6-12)16(20)19-13(9-17)11-7-8-11/h2-6,11,13H,7-9,17H2,1H3,(H,19,20). The van der Waals surface area contributed by atoms with E-state index in [0.29, 0.717) is 18.2 Å². The molecule has 1 aliphatic carbocycles. The van der Waals surface area contributed by atoms with Crippen LogP contribution in [0.3, 0.4) is 0 Å². The van der Waals surface area contributed by atoms with Gasteiger partial charge in [-0.1, -0.05) is 30.3 Å². The minimum Gasteiger partial charge on any atom is -0.346 e. The van der Waals surface area contributed by atoms with Gasteiger partial charge in [0.05, 0.1) is 9.88 Å². The molecule has 1 aliphatic rings. The molecule has 1 atom stereocenters. The van der Waals surface area contributed by atoms with Gasteiger partial charge in [0.2, 0.25) is 0 Å². The Hall–Kier alpha value is -1.72. The summed E-state index contributed by atoms with van der Waals surface area (Å²) in [5, 5.41) is 3.95. The number of nitrogens with two attached hydrogens (primary N) is 1. The van der Waals surface area contributed by atoms with Crippen LogP contribution in [0.25, 0.3) is 10.4 Å². The van der Waals surface area contributed by atoms with E-state index in [1.54, 1.807) is 11.3 Å². The Labute approximate surface area is 128 Å². The molecular formula is C16H19N3OS. The van der Waals surface area contributed by atoms with Crippen molar-refractivity contribution in [2.24, 2.45) is 11.7 Å². The van der Waals surface area contributed by atoms with E-state index in [0.717, 1.165) is 28.3 Å². The van der Waals surface area contributed by atoms with Crippen LogP contribution in [0.5, 0.6) is 0 Å². The molecule has 1 amide bonds. The highest BCUT2D eigenvalue weighted by Gasteiger charge is 2.32. The summed E-state index contributed by atoms with van der Waals surface area (Å²) in [4.78, 5) is 17.9. The number of rotatable bonds is 5. The fourth-order valence-corrected chi connectivity index (χ4v) is 3.39. The first kappa shape index (κ1) is 14.2. The first-order valence-electron chi connectivity index (χ1n) is 7.23. The van der Waals surface area contributed by atoms with Crippen LogP contribution in [0.2, 0.25) is 0 Å². The third kappa shape index (κ3) is 3.14. The minimum atomic E-state index is -0.111. The first-order chi connectivity index (χ1) is 10.2. The number of hydrogen-bond donors (Lipinski definition) is 2. The second kappa shape index (κ2) is 5.95. The van der Waals surface area contributed by atoms with E-state index in [1.165, 1.54) is 0 Å². The quantitative estimate of drug-likeness (QED) is 0.892. The van der Waals surface area contributed by atoms with Crippen molar-refractivity contribution in [3.05, 3.63) is 41.0 Å². The summed E-state index contributed by atoms with van der Waals surface area (Å²) in [7, 11) is 0. The maximum absolute atomic E-state index is 12.5. The van der Waals surface area contributed by atoms with Crippen molar-refractivity contribution in [1.29, 1.82) is 0 Å². The highest BCUT2D eigenvalue weighted by atomic mass is 32.1. The summed E-state index contributed by atoms with van der Waals surface area (Å²) < 4.78 is 0. The Morgan fingerprint density at radius 3 is 2.76 bits per heavy atom. The average molecular weight is 301 g/mol. The Morgan fingerprint density at radius 2 is 2.14 bits per heavy atom. The Morgan fingerprint density at radius 1 is 1.43 bits per heavy atom. The van der Waals surface area contributed by atoms with E-state index in [-0.39, 0.29) is 11.9 Å². The van der Waals surface area contributed by atoms with E-state index >= 15 is 0 Å². The highest BCUT2D eigenvalue weighted by molar-refractivity contribution is 7.15. The fourth-order valence-electron chi connectivity index (χ4n) is 2.47. The largest absolute Gasteiger partial charge is 0.346 e. The summed E-state index contributed by atoms with van der Waals surface area (Å²) >= 11 is 1.55. The van der Waals surface area contributed by atoms with Crippen LogP contribution in [0.15, 0.2) is 30.3 Å². The molecule has 0 aliphatic heterocycles. The van der Waals surface area contributed by atoms with Gasteiger partial charge >= 0.3 is 0 Å². The summed E-state index contributed by atoms with van der Waals surface area (Å²) in [6.07, 6.45) is 2.31. The summed E-state index contributed by atoms with van der Waals surface area (Å²) in [5.41, 5.74) is 7.31. The molecular weight excluding hydrogens is 282 g/mol. The number of nitrogens with zero attached hydrogens (tertiary/aromatic N) is 1. The zero-order chi connectivity index (χ0) is 14.8. The van der Waals surface area contributed by atoms with Gasteiger partial charge in [-0.05, 0) is 31.2 Å². The predicted octanol–water partition coefficient (Wildman–Crippen LogP) is 2.59. The van der Waals surface area contributed by atoms with Gasteiger partial charge in [0.15, 0.2) is 0 Å². The van der Waals surface area contributed by atoms with Gasteiger partial charge < -0.3 is 11.1 Å². The SMILES string of the molecule is Cc1nc(C(=O)NC(CN)C2CC2)c(-c2ccccc2)s1. The smallest absolute Gasteiger partial charge is 0.271 e. The second-order valence-electron chi connectivity index (χ2n) is 5.43. The molecule has 1 aromatic heterocycles. The molecule has 1 unspecified atom stereocenters. The van der Waals surface area contributed by atoms with Gasteiger partial charge in [-0.2, -0.15) is 0 Å². The van der Waals surface area contributed by atoms with Crippen LogP contribution in [0, 0.1) is 12.8 Å². The van der Waals surface area contributed by atoms with E-state index < -0.39 is 0 Å². The zero-order valence-corrected chi connectivity index (χ0v) is 12.8.